The minimum absolute atomic E-state index is 0.221. The van der Waals surface area contributed by atoms with E-state index in [4.69, 9.17) is 0 Å². The summed E-state index contributed by atoms with van der Waals surface area (Å²) in [6, 6.07) is 2.56. The molecule has 17 heavy (non-hydrogen) atoms. The zero-order valence-electron chi connectivity index (χ0n) is 9.71. The SMILES string of the molecule is CCCN(CC(=O)c1cc(Br)sc1Br)C1CC1. The maximum atomic E-state index is 12.2. The van der Waals surface area contributed by atoms with Crippen LogP contribution in [0.3, 0.4) is 0 Å². The van der Waals surface area contributed by atoms with Crippen molar-refractivity contribution in [3.8, 4) is 0 Å². The maximum absolute atomic E-state index is 12.2. The molecule has 0 unspecified atom stereocenters. The summed E-state index contributed by atoms with van der Waals surface area (Å²) in [6.45, 7) is 3.75. The van der Waals surface area contributed by atoms with Gasteiger partial charge in [-0.3, -0.25) is 9.69 Å². The highest BCUT2D eigenvalue weighted by Crippen LogP contribution is 2.33. The van der Waals surface area contributed by atoms with Gasteiger partial charge in [-0.2, -0.15) is 0 Å². The van der Waals surface area contributed by atoms with Crippen LogP contribution in [0.25, 0.3) is 0 Å². The minimum atomic E-state index is 0.221. The predicted octanol–water partition coefficient (Wildman–Crippen LogP) is 4.33. The van der Waals surface area contributed by atoms with Gasteiger partial charge >= 0.3 is 0 Å². The Labute approximate surface area is 123 Å². The molecule has 0 atom stereocenters. The summed E-state index contributed by atoms with van der Waals surface area (Å²) in [7, 11) is 0. The van der Waals surface area contributed by atoms with E-state index in [-0.39, 0.29) is 5.78 Å². The molecule has 2 rings (SSSR count). The van der Waals surface area contributed by atoms with Crippen molar-refractivity contribution in [2.45, 2.75) is 32.2 Å². The number of hydrogen-bond acceptors (Lipinski definition) is 3. The van der Waals surface area contributed by atoms with Crippen LogP contribution in [-0.2, 0) is 0 Å². The quantitative estimate of drug-likeness (QED) is 0.684. The van der Waals surface area contributed by atoms with Gasteiger partial charge < -0.3 is 0 Å². The van der Waals surface area contributed by atoms with Crippen LogP contribution < -0.4 is 0 Å². The summed E-state index contributed by atoms with van der Waals surface area (Å²) in [5, 5.41) is 0. The molecule has 1 heterocycles. The first-order chi connectivity index (χ1) is 8.11. The van der Waals surface area contributed by atoms with Crippen LogP contribution in [0, 0.1) is 0 Å². The van der Waals surface area contributed by atoms with E-state index in [2.05, 4.69) is 43.7 Å². The molecule has 0 saturated heterocycles. The highest BCUT2D eigenvalue weighted by molar-refractivity contribution is 9.12. The molecule has 94 valence electrons. The van der Waals surface area contributed by atoms with Crippen molar-refractivity contribution in [3.63, 3.8) is 0 Å². The van der Waals surface area contributed by atoms with Gasteiger partial charge in [0.25, 0.3) is 0 Å². The molecule has 1 aliphatic rings. The number of hydrogen-bond donors (Lipinski definition) is 0. The van der Waals surface area contributed by atoms with E-state index in [1.54, 1.807) is 11.3 Å². The van der Waals surface area contributed by atoms with Crippen LogP contribution in [-0.4, -0.2) is 29.8 Å². The number of Topliss-reactive ketones (excluding diaryl/α,β-unsaturated/α-hetero) is 1. The minimum Gasteiger partial charge on any atom is -0.293 e. The molecule has 0 radical (unpaired) electrons. The Morgan fingerprint density at radius 3 is 2.71 bits per heavy atom. The second-order valence-electron chi connectivity index (χ2n) is 4.36. The lowest BCUT2D eigenvalue weighted by atomic mass is 10.2. The molecular weight excluding hydrogens is 366 g/mol. The smallest absolute Gasteiger partial charge is 0.178 e. The van der Waals surface area contributed by atoms with Gasteiger partial charge in [-0.25, -0.2) is 0 Å². The predicted molar refractivity (Wildman–Crippen MR) is 78.9 cm³/mol. The molecular formula is C12H15Br2NOS. The third-order valence-corrected chi connectivity index (χ3v) is 5.22. The molecule has 0 spiro atoms. The van der Waals surface area contributed by atoms with Gasteiger partial charge in [0.15, 0.2) is 5.78 Å². The summed E-state index contributed by atoms with van der Waals surface area (Å²) in [5.74, 6) is 0.221. The lowest BCUT2D eigenvalue weighted by molar-refractivity contribution is 0.0924. The van der Waals surface area contributed by atoms with Crippen LogP contribution in [0.1, 0.15) is 36.5 Å². The number of thiophene rings is 1. The van der Waals surface area contributed by atoms with Gasteiger partial charge in [-0.15, -0.1) is 11.3 Å². The van der Waals surface area contributed by atoms with Gasteiger partial charge in [-0.1, -0.05) is 6.92 Å². The molecule has 0 N–H and O–H groups in total. The number of nitrogens with zero attached hydrogens (tertiary/aromatic N) is 1. The third-order valence-electron chi connectivity index (χ3n) is 2.88. The van der Waals surface area contributed by atoms with Crippen molar-refractivity contribution in [2.24, 2.45) is 0 Å². The molecule has 0 amide bonds. The normalized spacial score (nSPS) is 15.5. The Hall–Kier alpha value is 0.290. The maximum Gasteiger partial charge on any atom is 0.178 e. The number of carbonyl (C=O) groups is 1. The third kappa shape index (κ3) is 3.63. The highest BCUT2D eigenvalue weighted by atomic mass is 79.9. The largest absolute Gasteiger partial charge is 0.293 e. The first-order valence-electron chi connectivity index (χ1n) is 5.84. The standard InChI is InChI=1S/C12H15Br2NOS/c1-2-5-15(8-3-4-8)7-10(16)9-6-11(13)17-12(9)14/h6,8H,2-5,7H2,1H3. The molecule has 0 bridgehead atoms. The van der Waals surface area contributed by atoms with Crippen molar-refractivity contribution in [1.29, 1.82) is 0 Å². The molecule has 1 fully saturated rings. The van der Waals surface area contributed by atoms with Crippen molar-refractivity contribution in [3.05, 3.63) is 19.2 Å². The van der Waals surface area contributed by atoms with Crippen molar-refractivity contribution in [2.75, 3.05) is 13.1 Å². The van der Waals surface area contributed by atoms with E-state index in [1.165, 1.54) is 12.8 Å². The Bertz CT molecular complexity index is 415. The van der Waals surface area contributed by atoms with Crippen LogP contribution in [0.4, 0.5) is 0 Å². The number of rotatable bonds is 6. The first kappa shape index (κ1) is 13.7. The monoisotopic (exact) mass is 379 g/mol. The highest BCUT2D eigenvalue weighted by Gasteiger charge is 2.30. The summed E-state index contributed by atoms with van der Waals surface area (Å²) in [4.78, 5) is 14.5. The van der Waals surface area contributed by atoms with Gasteiger partial charge in [0, 0.05) is 11.6 Å². The molecule has 1 aliphatic carbocycles. The van der Waals surface area contributed by atoms with E-state index in [0.717, 1.165) is 26.1 Å². The molecule has 0 aromatic carbocycles. The first-order valence-corrected chi connectivity index (χ1v) is 8.24. The van der Waals surface area contributed by atoms with Gasteiger partial charge in [0.2, 0.25) is 0 Å². The molecule has 1 aromatic rings. The topological polar surface area (TPSA) is 20.3 Å². The Kier molecular flexibility index (Phi) is 4.80. The molecule has 5 heteroatoms. The van der Waals surface area contributed by atoms with Crippen LogP contribution in [0.2, 0.25) is 0 Å². The lowest BCUT2D eigenvalue weighted by Gasteiger charge is -2.19. The Morgan fingerprint density at radius 1 is 1.53 bits per heavy atom. The summed E-state index contributed by atoms with van der Waals surface area (Å²) in [5.41, 5.74) is 0.809. The summed E-state index contributed by atoms with van der Waals surface area (Å²) < 4.78 is 1.93. The molecule has 1 saturated carbocycles. The Balaban J connectivity index is 2.02. The van der Waals surface area contributed by atoms with Crippen molar-refractivity contribution < 1.29 is 4.79 Å². The van der Waals surface area contributed by atoms with Crippen LogP contribution in [0.5, 0.6) is 0 Å². The van der Waals surface area contributed by atoms with E-state index in [1.807, 2.05) is 6.07 Å². The van der Waals surface area contributed by atoms with E-state index < -0.39 is 0 Å². The molecule has 2 nitrogen and oxygen atoms in total. The van der Waals surface area contributed by atoms with Gasteiger partial charge in [0.05, 0.1) is 14.1 Å². The van der Waals surface area contributed by atoms with Crippen molar-refractivity contribution >= 4 is 49.0 Å². The molecule has 0 aliphatic heterocycles. The fourth-order valence-corrected chi connectivity index (χ4v) is 4.77. The summed E-state index contributed by atoms with van der Waals surface area (Å²) >= 11 is 8.42. The van der Waals surface area contributed by atoms with E-state index >= 15 is 0 Å². The number of carbonyl (C=O) groups excluding carboxylic acids is 1. The van der Waals surface area contributed by atoms with Gasteiger partial charge in [-0.05, 0) is 63.7 Å². The number of ketones is 1. The molecule has 1 aromatic heterocycles. The van der Waals surface area contributed by atoms with Crippen LogP contribution >= 0.6 is 43.2 Å². The summed E-state index contributed by atoms with van der Waals surface area (Å²) in [6.07, 6.45) is 3.61. The average molecular weight is 381 g/mol. The fraction of sp³-hybridized carbons (Fsp3) is 0.583. The zero-order chi connectivity index (χ0) is 12.4. The van der Waals surface area contributed by atoms with Crippen molar-refractivity contribution in [1.82, 2.24) is 4.90 Å². The average Bonchev–Trinajstić information content (AvgIpc) is 3.04. The number of halogens is 2. The second-order valence-corrected chi connectivity index (χ2v) is 8.11. The lowest BCUT2D eigenvalue weighted by Crippen LogP contribution is -2.32. The van der Waals surface area contributed by atoms with Crippen LogP contribution in [0.15, 0.2) is 13.6 Å². The Morgan fingerprint density at radius 2 is 2.24 bits per heavy atom. The fourth-order valence-electron chi connectivity index (χ4n) is 1.92. The van der Waals surface area contributed by atoms with E-state index in [0.29, 0.717) is 12.6 Å². The zero-order valence-corrected chi connectivity index (χ0v) is 13.7. The van der Waals surface area contributed by atoms with Gasteiger partial charge in [0.1, 0.15) is 0 Å². The second kappa shape index (κ2) is 5.95. The van der Waals surface area contributed by atoms with E-state index in [9.17, 15) is 4.79 Å².